The minimum absolute atomic E-state index is 0.224. The van der Waals surface area contributed by atoms with E-state index in [1.54, 1.807) is 31.4 Å². The molecule has 7 heteroatoms. The van der Waals surface area contributed by atoms with Gasteiger partial charge in [-0.1, -0.05) is 25.0 Å². The maximum Gasteiger partial charge on any atom is 0.287 e. The number of carbonyl (C=O) groups is 1. The molecule has 1 aliphatic rings. The Morgan fingerprint density at radius 3 is 2.71 bits per heavy atom. The van der Waals surface area contributed by atoms with Crippen LogP contribution in [0.1, 0.15) is 47.8 Å². The summed E-state index contributed by atoms with van der Waals surface area (Å²) >= 11 is 0. The summed E-state index contributed by atoms with van der Waals surface area (Å²) in [5.74, 6) is 0.927. The van der Waals surface area contributed by atoms with E-state index in [1.807, 2.05) is 30.6 Å². The molecule has 0 aliphatic heterocycles. The van der Waals surface area contributed by atoms with Crippen molar-refractivity contribution < 1.29 is 18.3 Å². The summed E-state index contributed by atoms with van der Waals surface area (Å²) in [6.07, 6.45) is 6.31. The molecular formula is C27H26FN3O3. The Morgan fingerprint density at radius 1 is 1.15 bits per heavy atom. The molecule has 0 spiro atoms. The third kappa shape index (κ3) is 4.46. The lowest BCUT2D eigenvalue weighted by Gasteiger charge is -2.15. The summed E-state index contributed by atoms with van der Waals surface area (Å²) in [6, 6.07) is 17.6. The van der Waals surface area contributed by atoms with Gasteiger partial charge in [0.1, 0.15) is 17.3 Å². The molecule has 0 radical (unpaired) electrons. The highest BCUT2D eigenvalue weighted by atomic mass is 19.1. The van der Waals surface area contributed by atoms with Gasteiger partial charge >= 0.3 is 0 Å². The Kier molecular flexibility index (Phi) is 6.16. The highest BCUT2D eigenvalue weighted by Gasteiger charge is 2.26. The van der Waals surface area contributed by atoms with Crippen molar-refractivity contribution in [2.24, 2.45) is 0 Å². The summed E-state index contributed by atoms with van der Waals surface area (Å²) < 4.78 is 26.9. The zero-order chi connectivity index (χ0) is 23.5. The van der Waals surface area contributed by atoms with Crippen LogP contribution in [-0.2, 0) is 6.54 Å². The predicted octanol–water partition coefficient (Wildman–Crippen LogP) is 6.00. The van der Waals surface area contributed by atoms with Crippen LogP contribution in [0.2, 0.25) is 0 Å². The van der Waals surface area contributed by atoms with Crippen LogP contribution in [0.25, 0.3) is 22.7 Å². The van der Waals surface area contributed by atoms with Gasteiger partial charge in [-0.2, -0.15) is 0 Å². The third-order valence-corrected chi connectivity index (χ3v) is 6.28. The first kappa shape index (κ1) is 21.9. The molecule has 1 amide bonds. The molecule has 0 unspecified atom stereocenters. The fraction of sp³-hybridized carbons (Fsp3) is 0.259. The largest absolute Gasteiger partial charge is 0.497 e. The summed E-state index contributed by atoms with van der Waals surface area (Å²) in [5.41, 5.74) is 3.25. The Bertz CT molecular complexity index is 1290. The van der Waals surface area contributed by atoms with Crippen LogP contribution in [0, 0.1) is 5.82 Å². The van der Waals surface area contributed by atoms with Crippen LogP contribution < -0.4 is 10.1 Å². The summed E-state index contributed by atoms with van der Waals surface area (Å²) in [4.78, 5) is 17.4. The highest BCUT2D eigenvalue weighted by Crippen LogP contribution is 2.39. The fourth-order valence-electron chi connectivity index (χ4n) is 4.52. The number of halogens is 1. The number of hydrogen-bond acceptors (Lipinski definition) is 4. The van der Waals surface area contributed by atoms with Crippen molar-refractivity contribution in [1.82, 2.24) is 14.9 Å². The van der Waals surface area contributed by atoms with Crippen LogP contribution in [0.5, 0.6) is 5.75 Å². The number of nitrogens with zero attached hydrogens (tertiary/aromatic N) is 2. The minimum Gasteiger partial charge on any atom is -0.497 e. The number of amides is 1. The smallest absolute Gasteiger partial charge is 0.287 e. The molecule has 0 bridgehead atoms. The average molecular weight is 460 g/mol. The summed E-state index contributed by atoms with van der Waals surface area (Å²) in [7, 11) is 1.61. The minimum atomic E-state index is -0.302. The predicted molar refractivity (Wildman–Crippen MR) is 127 cm³/mol. The van der Waals surface area contributed by atoms with Crippen molar-refractivity contribution in [3.63, 3.8) is 0 Å². The maximum absolute atomic E-state index is 13.5. The van der Waals surface area contributed by atoms with Gasteiger partial charge in [-0.3, -0.25) is 4.79 Å². The van der Waals surface area contributed by atoms with Crippen molar-refractivity contribution in [3.8, 4) is 28.5 Å². The number of aromatic nitrogens is 2. The Hall–Kier alpha value is -3.87. The van der Waals surface area contributed by atoms with E-state index in [1.165, 1.54) is 25.0 Å². The molecule has 34 heavy (non-hydrogen) atoms. The second kappa shape index (κ2) is 9.55. The second-order valence-electron chi connectivity index (χ2n) is 8.49. The molecule has 1 fully saturated rings. The Morgan fingerprint density at radius 2 is 1.94 bits per heavy atom. The van der Waals surface area contributed by atoms with Crippen LogP contribution in [0.3, 0.4) is 0 Å². The number of benzene rings is 2. The van der Waals surface area contributed by atoms with Crippen molar-refractivity contribution in [3.05, 3.63) is 84.1 Å². The van der Waals surface area contributed by atoms with Gasteiger partial charge in [-0.25, -0.2) is 9.37 Å². The average Bonchev–Trinajstić information content (AvgIpc) is 3.63. The van der Waals surface area contributed by atoms with E-state index in [-0.39, 0.29) is 17.5 Å². The van der Waals surface area contributed by atoms with E-state index in [0.717, 1.165) is 35.4 Å². The number of rotatable bonds is 7. The fourth-order valence-corrected chi connectivity index (χ4v) is 4.52. The lowest BCUT2D eigenvalue weighted by molar-refractivity contribution is 0.0924. The first-order valence-corrected chi connectivity index (χ1v) is 11.5. The maximum atomic E-state index is 13.5. The lowest BCUT2D eigenvalue weighted by atomic mass is 10.1. The molecule has 2 aromatic carbocycles. The number of ether oxygens (including phenoxy) is 1. The van der Waals surface area contributed by atoms with Gasteiger partial charge in [0.25, 0.3) is 5.91 Å². The Balaban J connectivity index is 1.42. The number of imidazole rings is 1. The van der Waals surface area contributed by atoms with Crippen LogP contribution >= 0.6 is 0 Å². The standard InChI is InChI=1S/C27H26FN3O3/c1-33-22-8-4-5-18(15-22)16-29-27(32)24-14-13-23(34-24)26-25(19-9-11-20(28)12-10-19)30-17-31(26)21-6-2-3-7-21/h4-5,8-15,17,21H,2-3,6-7,16H2,1H3,(H,29,32). The van der Waals surface area contributed by atoms with Crippen LogP contribution in [0.15, 0.2) is 71.4 Å². The molecule has 5 rings (SSSR count). The first-order valence-electron chi connectivity index (χ1n) is 11.5. The molecule has 1 aliphatic carbocycles. The first-order chi connectivity index (χ1) is 16.6. The topological polar surface area (TPSA) is 69.3 Å². The summed E-state index contributed by atoms with van der Waals surface area (Å²) in [6.45, 7) is 0.354. The number of methoxy groups -OCH3 is 1. The van der Waals surface area contributed by atoms with Crippen LogP contribution in [0.4, 0.5) is 4.39 Å². The quantitative estimate of drug-likeness (QED) is 0.368. The molecule has 1 N–H and O–H groups in total. The van der Waals surface area contributed by atoms with Gasteiger partial charge in [0.15, 0.2) is 11.5 Å². The van der Waals surface area contributed by atoms with Gasteiger partial charge in [0.05, 0.1) is 19.1 Å². The second-order valence-corrected chi connectivity index (χ2v) is 8.49. The normalized spacial score (nSPS) is 13.8. The van der Waals surface area contributed by atoms with E-state index in [2.05, 4.69) is 14.9 Å². The molecule has 0 atom stereocenters. The van der Waals surface area contributed by atoms with Gasteiger partial charge in [-0.05, 0) is 66.9 Å². The highest BCUT2D eigenvalue weighted by molar-refractivity contribution is 5.92. The number of carbonyl (C=O) groups excluding carboxylic acids is 1. The van der Waals surface area contributed by atoms with Crippen molar-refractivity contribution in [1.29, 1.82) is 0 Å². The molecular weight excluding hydrogens is 433 g/mol. The van der Waals surface area contributed by atoms with Gasteiger partial charge < -0.3 is 19.0 Å². The van der Waals surface area contributed by atoms with E-state index >= 15 is 0 Å². The van der Waals surface area contributed by atoms with E-state index in [0.29, 0.717) is 24.0 Å². The Labute approximate surface area is 197 Å². The van der Waals surface area contributed by atoms with Gasteiger partial charge in [0, 0.05) is 18.2 Å². The van der Waals surface area contributed by atoms with Gasteiger partial charge in [0.2, 0.25) is 0 Å². The van der Waals surface area contributed by atoms with Crippen molar-refractivity contribution >= 4 is 5.91 Å². The molecule has 2 aromatic heterocycles. The van der Waals surface area contributed by atoms with Crippen LogP contribution in [-0.4, -0.2) is 22.6 Å². The zero-order valence-electron chi connectivity index (χ0n) is 19.0. The number of hydrogen-bond donors (Lipinski definition) is 1. The molecule has 4 aromatic rings. The van der Waals surface area contributed by atoms with E-state index in [4.69, 9.17) is 9.15 Å². The lowest BCUT2D eigenvalue weighted by Crippen LogP contribution is -2.22. The third-order valence-electron chi connectivity index (χ3n) is 6.28. The van der Waals surface area contributed by atoms with E-state index < -0.39 is 0 Å². The molecule has 6 nitrogen and oxygen atoms in total. The summed E-state index contributed by atoms with van der Waals surface area (Å²) in [5, 5.41) is 2.90. The number of furan rings is 1. The monoisotopic (exact) mass is 459 g/mol. The number of nitrogens with one attached hydrogen (secondary N) is 1. The zero-order valence-corrected chi connectivity index (χ0v) is 19.0. The van der Waals surface area contributed by atoms with Gasteiger partial charge in [-0.15, -0.1) is 0 Å². The van der Waals surface area contributed by atoms with Crippen molar-refractivity contribution in [2.45, 2.75) is 38.3 Å². The molecule has 174 valence electrons. The SMILES string of the molecule is COc1cccc(CNC(=O)c2ccc(-c3c(-c4ccc(F)cc4)ncn3C3CCCC3)o2)c1. The molecule has 2 heterocycles. The van der Waals surface area contributed by atoms with E-state index in [9.17, 15) is 9.18 Å². The van der Waals surface area contributed by atoms with Crippen molar-refractivity contribution in [2.75, 3.05) is 7.11 Å². The molecule has 0 saturated heterocycles. The molecule has 1 saturated carbocycles.